The Labute approximate surface area is 169 Å². The molecule has 1 aliphatic heterocycles. The van der Waals surface area contributed by atoms with Crippen LogP contribution in [0.3, 0.4) is 0 Å². The van der Waals surface area contributed by atoms with Gasteiger partial charge in [-0.15, -0.1) is 0 Å². The summed E-state index contributed by atoms with van der Waals surface area (Å²) in [5.41, 5.74) is 1.50. The van der Waals surface area contributed by atoms with E-state index in [1.807, 2.05) is 24.3 Å². The van der Waals surface area contributed by atoms with Crippen LogP contribution in [-0.4, -0.2) is 60.7 Å². The van der Waals surface area contributed by atoms with Crippen molar-refractivity contribution in [2.24, 2.45) is 0 Å². The van der Waals surface area contributed by atoms with Crippen LogP contribution in [0.4, 0.5) is 15.8 Å². The maximum atomic E-state index is 12.9. The molecule has 1 amide bonds. The van der Waals surface area contributed by atoms with Crippen LogP contribution in [0.1, 0.15) is 0 Å². The van der Waals surface area contributed by atoms with Crippen molar-refractivity contribution in [3.8, 4) is 5.75 Å². The number of ether oxygens (including phenoxy) is 1. The highest BCUT2D eigenvalue weighted by atomic mass is 32.1. The molecule has 0 radical (unpaired) electrons. The second kappa shape index (κ2) is 9.48. The van der Waals surface area contributed by atoms with Crippen molar-refractivity contribution in [3.63, 3.8) is 0 Å². The molecular formula is C20H23FN4O2S. The number of nitrogens with zero attached hydrogens (tertiary/aromatic N) is 2. The van der Waals surface area contributed by atoms with Gasteiger partial charge in [0.05, 0.1) is 13.7 Å². The van der Waals surface area contributed by atoms with E-state index in [0.29, 0.717) is 17.3 Å². The van der Waals surface area contributed by atoms with E-state index >= 15 is 0 Å². The molecule has 2 N–H and O–H groups in total. The molecular weight excluding hydrogens is 379 g/mol. The van der Waals surface area contributed by atoms with Crippen molar-refractivity contribution in [1.29, 1.82) is 0 Å². The molecule has 0 unspecified atom stereocenters. The molecule has 28 heavy (non-hydrogen) atoms. The number of hydrogen-bond donors (Lipinski definition) is 2. The first-order chi connectivity index (χ1) is 13.5. The van der Waals surface area contributed by atoms with Gasteiger partial charge in [-0.1, -0.05) is 0 Å². The summed E-state index contributed by atoms with van der Waals surface area (Å²) in [5.74, 6) is 0.358. The van der Waals surface area contributed by atoms with Gasteiger partial charge >= 0.3 is 0 Å². The number of anilines is 2. The Bertz CT molecular complexity index is 806. The molecule has 0 bridgehead atoms. The number of benzene rings is 2. The first-order valence-electron chi connectivity index (χ1n) is 9.01. The standard InChI is InChI=1S/C20H23FN4O2S/c1-27-18-8-6-17(7-9-18)23-20(28)25-12-10-24(11-13-25)14-19(26)22-16-4-2-15(21)3-5-16/h2-9H,10-14H2,1H3,(H,22,26)(H,23,28). The molecule has 6 nitrogen and oxygen atoms in total. The van der Waals surface area contributed by atoms with Gasteiger partial charge in [0.25, 0.3) is 0 Å². The lowest BCUT2D eigenvalue weighted by Gasteiger charge is -2.35. The molecule has 1 aliphatic rings. The largest absolute Gasteiger partial charge is 0.497 e. The summed E-state index contributed by atoms with van der Waals surface area (Å²) >= 11 is 5.50. The Morgan fingerprint density at radius 3 is 2.18 bits per heavy atom. The number of halogens is 1. The highest BCUT2D eigenvalue weighted by molar-refractivity contribution is 7.80. The molecule has 2 aromatic carbocycles. The molecule has 1 heterocycles. The normalized spacial score (nSPS) is 14.4. The molecule has 0 aromatic heterocycles. The average molecular weight is 402 g/mol. The Morgan fingerprint density at radius 1 is 1.00 bits per heavy atom. The summed E-state index contributed by atoms with van der Waals surface area (Å²) in [6, 6.07) is 13.3. The van der Waals surface area contributed by atoms with Crippen LogP contribution in [0.15, 0.2) is 48.5 Å². The van der Waals surface area contributed by atoms with Crippen LogP contribution in [0.25, 0.3) is 0 Å². The van der Waals surface area contributed by atoms with Crippen LogP contribution in [0.5, 0.6) is 5.75 Å². The second-order valence-electron chi connectivity index (χ2n) is 6.48. The van der Waals surface area contributed by atoms with Gasteiger partial charge in [-0.3, -0.25) is 9.69 Å². The molecule has 8 heteroatoms. The number of carbonyl (C=O) groups excluding carboxylic acids is 1. The molecule has 1 saturated heterocycles. The van der Waals surface area contributed by atoms with E-state index in [4.69, 9.17) is 17.0 Å². The molecule has 148 valence electrons. The van der Waals surface area contributed by atoms with Crippen molar-refractivity contribution in [3.05, 3.63) is 54.3 Å². The van der Waals surface area contributed by atoms with E-state index in [0.717, 1.165) is 37.6 Å². The van der Waals surface area contributed by atoms with E-state index in [2.05, 4.69) is 20.4 Å². The zero-order valence-corrected chi connectivity index (χ0v) is 16.5. The van der Waals surface area contributed by atoms with Gasteiger partial charge in [0, 0.05) is 37.6 Å². The summed E-state index contributed by atoms with van der Waals surface area (Å²) in [6.07, 6.45) is 0. The van der Waals surface area contributed by atoms with E-state index in [1.54, 1.807) is 19.2 Å². The maximum Gasteiger partial charge on any atom is 0.238 e. The average Bonchev–Trinajstić information content (AvgIpc) is 2.71. The van der Waals surface area contributed by atoms with E-state index < -0.39 is 0 Å². The number of thiocarbonyl (C=S) groups is 1. The Kier molecular flexibility index (Phi) is 6.78. The maximum absolute atomic E-state index is 12.9. The molecule has 0 atom stereocenters. The Balaban J connectivity index is 1.42. The highest BCUT2D eigenvalue weighted by Gasteiger charge is 2.20. The predicted octanol–water partition coefficient (Wildman–Crippen LogP) is 2.79. The monoisotopic (exact) mass is 402 g/mol. The summed E-state index contributed by atoms with van der Waals surface area (Å²) in [4.78, 5) is 16.3. The lowest BCUT2D eigenvalue weighted by atomic mass is 10.3. The van der Waals surface area contributed by atoms with Crippen molar-refractivity contribution in [1.82, 2.24) is 9.80 Å². The fourth-order valence-corrected chi connectivity index (χ4v) is 3.22. The van der Waals surface area contributed by atoms with Crippen molar-refractivity contribution in [2.75, 3.05) is 50.5 Å². The third-order valence-corrected chi connectivity index (χ3v) is 4.86. The van der Waals surface area contributed by atoms with Gasteiger partial charge < -0.3 is 20.3 Å². The predicted molar refractivity (Wildman–Crippen MR) is 112 cm³/mol. The summed E-state index contributed by atoms with van der Waals surface area (Å²) in [6.45, 7) is 3.25. The van der Waals surface area contributed by atoms with Crippen LogP contribution in [0, 0.1) is 5.82 Å². The van der Waals surface area contributed by atoms with Gasteiger partial charge in [-0.25, -0.2) is 4.39 Å². The number of amides is 1. The fourth-order valence-electron chi connectivity index (χ4n) is 2.92. The number of methoxy groups -OCH3 is 1. The summed E-state index contributed by atoms with van der Waals surface area (Å²) in [7, 11) is 1.63. The first-order valence-corrected chi connectivity index (χ1v) is 9.42. The Hall–Kier alpha value is -2.71. The molecule has 0 saturated carbocycles. The van der Waals surface area contributed by atoms with Crippen molar-refractivity contribution >= 4 is 34.6 Å². The third kappa shape index (κ3) is 5.64. The van der Waals surface area contributed by atoms with Gasteiger partial charge in [-0.2, -0.15) is 0 Å². The lowest BCUT2D eigenvalue weighted by molar-refractivity contribution is -0.117. The number of rotatable bonds is 5. The number of hydrogen-bond acceptors (Lipinski definition) is 4. The van der Waals surface area contributed by atoms with Crippen molar-refractivity contribution in [2.45, 2.75) is 0 Å². The topological polar surface area (TPSA) is 56.8 Å². The minimum absolute atomic E-state index is 0.112. The van der Waals surface area contributed by atoms with Gasteiger partial charge in [-0.05, 0) is 60.7 Å². The highest BCUT2D eigenvalue weighted by Crippen LogP contribution is 2.16. The smallest absolute Gasteiger partial charge is 0.238 e. The van der Waals surface area contributed by atoms with E-state index in [1.165, 1.54) is 12.1 Å². The summed E-state index contributed by atoms with van der Waals surface area (Å²) in [5, 5.41) is 6.68. The number of carbonyl (C=O) groups is 1. The van der Waals surface area contributed by atoms with Gasteiger partial charge in [0.2, 0.25) is 5.91 Å². The van der Waals surface area contributed by atoms with E-state index in [9.17, 15) is 9.18 Å². The number of piperazine rings is 1. The Morgan fingerprint density at radius 2 is 1.57 bits per heavy atom. The fraction of sp³-hybridized carbons (Fsp3) is 0.300. The zero-order valence-electron chi connectivity index (χ0n) is 15.7. The van der Waals surface area contributed by atoms with Crippen LogP contribution < -0.4 is 15.4 Å². The van der Waals surface area contributed by atoms with Crippen LogP contribution >= 0.6 is 12.2 Å². The lowest BCUT2D eigenvalue weighted by Crippen LogP contribution is -2.51. The molecule has 0 spiro atoms. The molecule has 1 fully saturated rings. The van der Waals surface area contributed by atoms with E-state index in [-0.39, 0.29) is 11.7 Å². The SMILES string of the molecule is COc1ccc(NC(=S)N2CCN(CC(=O)Nc3ccc(F)cc3)CC2)cc1. The summed E-state index contributed by atoms with van der Waals surface area (Å²) < 4.78 is 18.1. The molecule has 2 aromatic rings. The van der Waals surface area contributed by atoms with Crippen LogP contribution in [-0.2, 0) is 4.79 Å². The quantitative estimate of drug-likeness (QED) is 0.750. The third-order valence-electron chi connectivity index (χ3n) is 4.50. The molecule has 0 aliphatic carbocycles. The van der Waals surface area contributed by atoms with Crippen LogP contribution in [0.2, 0.25) is 0 Å². The molecule has 3 rings (SSSR count). The zero-order chi connectivity index (χ0) is 19.9. The second-order valence-corrected chi connectivity index (χ2v) is 6.86. The minimum Gasteiger partial charge on any atom is -0.497 e. The minimum atomic E-state index is -0.326. The van der Waals surface area contributed by atoms with Gasteiger partial charge in [0.1, 0.15) is 11.6 Å². The van der Waals surface area contributed by atoms with Gasteiger partial charge in [0.15, 0.2) is 5.11 Å². The van der Waals surface area contributed by atoms with Crippen molar-refractivity contribution < 1.29 is 13.9 Å². The first kappa shape index (κ1) is 20.0. The number of nitrogens with one attached hydrogen (secondary N) is 2.